The molecule has 100 valence electrons. The van der Waals surface area contributed by atoms with Crippen LogP contribution >= 0.6 is 0 Å². The monoisotopic (exact) mass is 261 g/mol. The van der Waals surface area contributed by atoms with Gasteiger partial charge in [0.1, 0.15) is 5.82 Å². The number of hydrogen-bond donors (Lipinski definition) is 1. The van der Waals surface area contributed by atoms with Crippen LogP contribution in [-0.4, -0.2) is 15.7 Å². The van der Waals surface area contributed by atoms with Gasteiger partial charge in [-0.15, -0.1) is 0 Å². The number of benzene rings is 1. The number of hydrogen-bond acceptors (Lipinski definition) is 4. The molecule has 0 atom stereocenters. The first kappa shape index (κ1) is 12.3. The smallest absolute Gasteiger partial charge is 0.228 e. The molecular weight excluding hydrogens is 245 g/mol. The highest BCUT2D eigenvalue weighted by atomic mass is 19.1. The summed E-state index contributed by atoms with van der Waals surface area (Å²) in [4.78, 5) is 4.32. The molecule has 2 N–H and O–H groups in total. The third-order valence-electron chi connectivity index (χ3n) is 3.61. The summed E-state index contributed by atoms with van der Waals surface area (Å²) in [6.07, 6.45) is 4.28. The summed E-state index contributed by atoms with van der Waals surface area (Å²) in [5.74, 6) is 0.897. The predicted molar refractivity (Wildman–Crippen MR) is 68.0 cm³/mol. The van der Waals surface area contributed by atoms with E-state index in [0.717, 1.165) is 18.4 Å². The topological polar surface area (TPSA) is 64.9 Å². The largest absolute Gasteiger partial charge is 0.339 e. The zero-order chi connectivity index (χ0) is 13.3. The molecule has 1 saturated carbocycles. The van der Waals surface area contributed by atoms with Crippen LogP contribution in [0.5, 0.6) is 0 Å². The first-order valence-corrected chi connectivity index (χ1v) is 6.48. The van der Waals surface area contributed by atoms with E-state index < -0.39 is 0 Å². The van der Waals surface area contributed by atoms with Gasteiger partial charge in [0.25, 0.3) is 0 Å². The van der Waals surface area contributed by atoms with Gasteiger partial charge in [-0.2, -0.15) is 4.98 Å². The fourth-order valence-corrected chi connectivity index (χ4v) is 2.37. The molecule has 1 fully saturated rings. The Balaban J connectivity index is 1.67. The van der Waals surface area contributed by atoms with Gasteiger partial charge in [-0.3, -0.25) is 0 Å². The van der Waals surface area contributed by atoms with E-state index in [1.165, 1.54) is 18.6 Å². The van der Waals surface area contributed by atoms with E-state index in [1.807, 2.05) is 6.07 Å². The molecule has 5 heteroatoms. The van der Waals surface area contributed by atoms with Crippen molar-refractivity contribution in [2.24, 2.45) is 5.73 Å². The minimum atomic E-state index is -0.253. The van der Waals surface area contributed by atoms with Crippen molar-refractivity contribution >= 4 is 0 Å². The fourth-order valence-electron chi connectivity index (χ4n) is 2.37. The quantitative estimate of drug-likeness (QED) is 0.916. The van der Waals surface area contributed by atoms with Crippen LogP contribution in [0.25, 0.3) is 0 Å². The summed E-state index contributed by atoms with van der Waals surface area (Å²) in [7, 11) is 0. The first-order valence-electron chi connectivity index (χ1n) is 6.48. The average Bonchev–Trinajstić information content (AvgIpc) is 2.74. The Morgan fingerprint density at radius 1 is 1.37 bits per heavy atom. The van der Waals surface area contributed by atoms with Crippen LogP contribution < -0.4 is 5.73 Å². The Hall–Kier alpha value is -1.75. The van der Waals surface area contributed by atoms with E-state index in [1.54, 1.807) is 6.07 Å². The summed E-state index contributed by atoms with van der Waals surface area (Å²) < 4.78 is 18.3. The average molecular weight is 261 g/mol. The minimum absolute atomic E-state index is 0.164. The second kappa shape index (κ2) is 4.74. The second-order valence-corrected chi connectivity index (χ2v) is 5.30. The molecule has 1 aromatic carbocycles. The zero-order valence-electron chi connectivity index (χ0n) is 10.6. The molecule has 4 nitrogen and oxygen atoms in total. The van der Waals surface area contributed by atoms with Gasteiger partial charge in [-0.1, -0.05) is 17.3 Å². The molecule has 1 aliphatic rings. The van der Waals surface area contributed by atoms with Gasteiger partial charge in [0.2, 0.25) is 5.89 Å². The zero-order valence-corrected chi connectivity index (χ0v) is 10.6. The van der Waals surface area contributed by atoms with Gasteiger partial charge in [0, 0.05) is 18.4 Å². The highest BCUT2D eigenvalue weighted by Gasteiger charge is 2.34. The highest BCUT2D eigenvalue weighted by Crippen LogP contribution is 2.31. The van der Waals surface area contributed by atoms with Gasteiger partial charge in [0.05, 0.1) is 0 Å². The Morgan fingerprint density at radius 2 is 2.21 bits per heavy atom. The van der Waals surface area contributed by atoms with E-state index in [2.05, 4.69) is 10.1 Å². The first-order chi connectivity index (χ1) is 9.13. The van der Waals surface area contributed by atoms with Crippen LogP contribution in [0, 0.1) is 5.82 Å². The molecule has 1 aliphatic carbocycles. The minimum Gasteiger partial charge on any atom is -0.339 e. The number of aromatic nitrogens is 2. The maximum atomic E-state index is 13.1. The highest BCUT2D eigenvalue weighted by molar-refractivity contribution is 5.19. The Bertz CT molecular complexity index is 578. The van der Waals surface area contributed by atoms with Crippen molar-refractivity contribution in [3.05, 3.63) is 47.4 Å². The molecule has 0 radical (unpaired) electrons. The number of rotatable bonds is 4. The standard InChI is InChI=1S/C14H16FN3O/c15-11-4-1-3-10(7-11)8-12-17-13(19-18-12)9-14(16)5-2-6-14/h1,3-4,7H,2,5-6,8-9,16H2. The van der Waals surface area contributed by atoms with E-state index in [4.69, 9.17) is 10.3 Å². The lowest BCUT2D eigenvalue weighted by Crippen LogP contribution is -2.48. The van der Waals surface area contributed by atoms with Crippen LogP contribution in [-0.2, 0) is 12.8 Å². The molecule has 2 aromatic rings. The number of nitrogens with zero attached hydrogens (tertiary/aromatic N) is 2. The molecule has 0 bridgehead atoms. The molecule has 3 rings (SSSR count). The summed E-state index contributed by atoms with van der Waals surface area (Å²) >= 11 is 0. The van der Waals surface area contributed by atoms with Crippen molar-refractivity contribution in [3.8, 4) is 0 Å². The third kappa shape index (κ3) is 2.81. The van der Waals surface area contributed by atoms with E-state index in [-0.39, 0.29) is 11.4 Å². The van der Waals surface area contributed by atoms with Crippen LogP contribution in [0.1, 0.15) is 36.5 Å². The lowest BCUT2D eigenvalue weighted by atomic mass is 9.75. The van der Waals surface area contributed by atoms with Gasteiger partial charge >= 0.3 is 0 Å². The van der Waals surface area contributed by atoms with E-state index in [9.17, 15) is 4.39 Å². The summed E-state index contributed by atoms with van der Waals surface area (Å²) in [5, 5.41) is 3.92. The predicted octanol–water partition coefficient (Wildman–Crippen LogP) is 2.22. The van der Waals surface area contributed by atoms with Gasteiger partial charge in [-0.25, -0.2) is 4.39 Å². The van der Waals surface area contributed by atoms with Crippen molar-refractivity contribution in [1.82, 2.24) is 10.1 Å². The molecule has 1 heterocycles. The van der Waals surface area contributed by atoms with Crippen LogP contribution in [0.3, 0.4) is 0 Å². The third-order valence-corrected chi connectivity index (χ3v) is 3.61. The SMILES string of the molecule is NC1(Cc2nc(Cc3cccc(F)c3)no2)CCC1. The molecule has 19 heavy (non-hydrogen) atoms. The maximum absolute atomic E-state index is 13.1. The van der Waals surface area contributed by atoms with E-state index >= 15 is 0 Å². The number of halogens is 1. The molecular formula is C14H16FN3O. The molecule has 1 aromatic heterocycles. The van der Waals surface area contributed by atoms with Gasteiger partial charge < -0.3 is 10.3 Å². The van der Waals surface area contributed by atoms with Crippen molar-refractivity contribution < 1.29 is 8.91 Å². The van der Waals surface area contributed by atoms with Crippen molar-refractivity contribution in [2.45, 2.75) is 37.6 Å². The Morgan fingerprint density at radius 3 is 2.89 bits per heavy atom. The Labute approximate surface area is 110 Å². The second-order valence-electron chi connectivity index (χ2n) is 5.30. The summed E-state index contributed by atoms with van der Waals surface area (Å²) in [6, 6.07) is 6.41. The molecule has 0 amide bonds. The van der Waals surface area contributed by atoms with Crippen LogP contribution in [0.15, 0.2) is 28.8 Å². The number of nitrogens with two attached hydrogens (primary N) is 1. The van der Waals surface area contributed by atoms with Crippen molar-refractivity contribution in [1.29, 1.82) is 0 Å². The molecule has 0 spiro atoms. The normalized spacial score (nSPS) is 17.2. The van der Waals surface area contributed by atoms with Crippen molar-refractivity contribution in [3.63, 3.8) is 0 Å². The lowest BCUT2D eigenvalue weighted by Gasteiger charge is -2.36. The molecule has 0 aliphatic heterocycles. The molecule has 0 unspecified atom stereocenters. The molecule has 0 saturated heterocycles. The fraction of sp³-hybridized carbons (Fsp3) is 0.429. The van der Waals surface area contributed by atoms with Crippen molar-refractivity contribution in [2.75, 3.05) is 0 Å². The lowest BCUT2D eigenvalue weighted by molar-refractivity contribution is 0.221. The van der Waals surface area contributed by atoms with Crippen LogP contribution in [0.2, 0.25) is 0 Å². The van der Waals surface area contributed by atoms with Gasteiger partial charge in [0.15, 0.2) is 5.82 Å². The van der Waals surface area contributed by atoms with E-state index in [0.29, 0.717) is 24.6 Å². The Kier molecular flexibility index (Phi) is 3.06. The summed E-state index contributed by atoms with van der Waals surface area (Å²) in [5.41, 5.74) is 6.81. The maximum Gasteiger partial charge on any atom is 0.228 e. The summed E-state index contributed by atoms with van der Waals surface area (Å²) in [6.45, 7) is 0. The van der Waals surface area contributed by atoms with Crippen LogP contribution in [0.4, 0.5) is 4.39 Å². The van der Waals surface area contributed by atoms with Gasteiger partial charge in [-0.05, 0) is 37.0 Å².